The molecule has 2 heterocycles. The minimum absolute atomic E-state index is 0.0435. The van der Waals surface area contributed by atoms with Crippen LogP contribution < -0.4 is 5.73 Å². The summed E-state index contributed by atoms with van der Waals surface area (Å²) in [7, 11) is 0. The number of rotatable bonds is 2. The fourth-order valence-electron chi connectivity index (χ4n) is 2.85. The van der Waals surface area contributed by atoms with Gasteiger partial charge in [0.2, 0.25) is 0 Å². The van der Waals surface area contributed by atoms with Crippen molar-refractivity contribution < 1.29 is 4.79 Å². The molecule has 0 spiro atoms. The van der Waals surface area contributed by atoms with Crippen molar-refractivity contribution in [3.8, 4) is 5.69 Å². The van der Waals surface area contributed by atoms with Crippen LogP contribution in [-0.4, -0.2) is 44.7 Å². The number of hydrogen-bond donors (Lipinski definition) is 1. The molecule has 2 N–H and O–H groups in total. The van der Waals surface area contributed by atoms with Gasteiger partial charge in [-0.1, -0.05) is 19.9 Å². The zero-order valence-corrected chi connectivity index (χ0v) is 12.9. The van der Waals surface area contributed by atoms with Crippen LogP contribution in [0.1, 0.15) is 30.6 Å². The van der Waals surface area contributed by atoms with E-state index in [4.69, 9.17) is 5.73 Å². The molecule has 0 radical (unpaired) electrons. The molecule has 0 saturated carbocycles. The monoisotopic (exact) mass is 299 g/mol. The fraction of sp³-hybridized carbons (Fsp3) is 0.438. The van der Waals surface area contributed by atoms with Crippen LogP contribution in [0.5, 0.6) is 0 Å². The van der Waals surface area contributed by atoms with Gasteiger partial charge in [0.1, 0.15) is 12.7 Å². The quantitative estimate of drug-likeness (QED) is 0.911. The first kappa shape index (κ1) is 14.7. The highest BCUT2D eigenvalue weighted by atomic mass is 16.2. The van der Waals surface area contributed by atoms with Crippen LogP contribution in [0.25, 0.3) is 5.69 Å². The summed E-state index contributed by atoms with van der Waals surface area (Å²) in [4.78, 5) is 18.6. The van der Waals surface area contributed by atoms with Crippen molar-refractivity contribution >= 4 is 5.91 Å². The van der Waals surface area contributed by atoms with E-state index >= 15 is 0 Å². The summed E-state index contributed by atoms with van der Waals surface area (Å²) < 4.78 is 1.65. The number of likely N-dealkylation sites (tertiary alicyclic amines) is 1. The molecule has 1 atom stereocenters. The Bertz CT molecular complexity index is 665. The summed E-state index contributed by atoms with van der Waals surface area (Å²) in [5.74, 6) is 0.0435. The Hall–Kier alpha value is -2.21. The average molecular weight is 299 g/mol. The molecule has 1 unspecified atom stereocenters. The predicted molar refractivity (Wildman–Crippen MR) is 83.6 cm³/mol. The SMILES string of the molecule is CC1(C)CN(C(=O)c2cccc(-n3cncn3)c2)CCC1N. The van der Waals surface area contributed by atoms with Gasteiger partial charge in [0.25, 0.3) is 5.91 Å². The molecule has 6 heteroatoms. The second-order valence-electron chi connectivity index (χ2n) is 6.50. The summed E-state index contributed by atoms with van der Waals surface area (Å²) >= 11 is 0. The summed E-state index contributed by atoms with van der Waals surface area (Å²) in [6.07, 6.45) is 3.93. The Balaban J connectivity index is 1.82. The third-order valence-corrected chi connectivity index (χ3v) is 4.38. The lowest BCUT2D eigenvalue weighted by Crippen LogP contribution is -2.54. The zero-order chi connectivity index (χ0) is 15.7. The third-order valence-electron chi connectivity index (χ3n) is 4.38. The molecule has 1 fully saturated rings. The van der Waals surface area contributed by atoms with Gasteiger partial charge in [-0.05, 0) is 30.0 Å². The lowest BCUT2D eigenvalue weighted by molar-refractivity contribution is 0.0533. The van der Waals surface area contributed by atoms with Gasteiger partial charge >= 0.3 is 0 Å². The average Bonchev–Trinajstić information content (AvgIpc) is 3.04. The molecule has 1 aromatic carbocycles. The second kappa shape index (κ2) is 5.53. The summed E-state index contributed by atoms with van der Waals surface area (Å²) in [6, 6.07) is 7.59. The van der Waals surface area contributed by atoms with Crippen LogP contribution >= 0.6 is 0 Å². The number of aromatic nitrogens is 3. The van der Waals surface area contributed by atoms with Gasteiger partial charge in [-0.15, -0.1) is 0 Å². The van der Waals surface area contributed by atoms with Gasteiger partial charge in [-0.25, -0.2) is 9.67 Å². The van der Waals surface area contributed by atoms with E-state index in [1.807, 2.05) is 29.2 Å². The van der Waals surface area contributed by atoms with Gasteiger partial charge in [0, 0.05) is 24.7 Å². The number of piperidine rings is 1. The van der Waals surface area contributed by atoms with Crippen molar-refractivity contribution in [2.45, 2.75) is 26.3 Å². The molecule has 1 aromatic heterocycles. The molecular formula is C16H21N5O. The molecule has 0 bridgehead atoms. The predicted octanol–water partition coefficient (Wildman–Crippen LogP) is 1.47. The topological polar surface area (TPSA) is 77.0 Å². The van der Waals surface area contributed by atoms with E-state index in [1.54, 1.807) is 11.0 Å². The number of amides is 1. The highest BCUT2D eigenvalue weighted by molar-refractivity contribution is 5.94. The first-order chi connectivity index (χ1) is 10.5. The van der Waals surface area contributed by atoms with Crippen LogP contribution in [0, 0.1) is 5.41 Å². The maximum absolute atomic E-state index is 12.8. The smallest absolute Gasteiger partial charge is 0.253 e. The first-order valence-electron chi connectivity index (χ1n) is 7.47. The van der Waals surface area contributed by atoms with Crippen LogP contribution in [-0.2, 0) is 0 Å². The lowest BCUT2D eigenvalue weighted by atomic mass is 9.79. The van der Waals surface area contributed by atoms with E-state index in [9.17, 15) is 4.79 Å². The molecule has 116 valence electrons. The summed E-state index contributed by atoms with van der Waals surface area (Å²) in [5.41, 5.74) is 7.58. The Morgan fingerprint density at radius 2 is 2.23 bits per heavy atom. The highest BCUT2D eigenvalue weighted by Gasteiger charge is 2.35. The normalized spacial score (nSPS) is 20.9. The molecular weight excluding hydrogens is 278 g/mol. The Morgan fingerprint density at radius 3 is 2.91 bits per heavy atom. The van der Waals surface area contributed by atoms with Crippen LogP contribution in [0.15, 0.2) is 36.9 Å². The van der Waals surface area contributed by atoms with Crippen molar-refractivity contribution in [2.24, 2.45) is 11.1 Å². The molecule has 1 aliphatic heterocycles. The van der Waals surface area contributed by atoms with Gasteiger partial charge in [0.15, 0.2) is 0 Å². The Morgan fingerprint density at radius 1 is 1.41 bits per heavy atom. The van der Waals surface area contributed by atoms with E-state index in [-0.39, 0.29) is 17.4 Å². The van der Waals surface area contributed by atoms with E-state index in [1.165, 1.54) is 6.33 Å². The molecule has 0 aliphatic carbocycles. The van der Waals surface area contributed by atoms with Gasteiger partial charge in [-0.3, -0.25) is 4.79 Å². The number of hydrogen-bond acceptors (Lipinski definition) is 4. The van der Waals surface area contributed by atoms with Crippen molar-refractivity contribution in [2.75, 3.05) is 13.1 Å². The van der Waals surface area contributed by atoms with Gasteiger partial charge in [0.05, 0.1) is 5.69 Å². The van der Waals surface area contributed by atoms with E-state index < -0.39 is 0 Å². The highest BCUT2D eigenvalue weighted by Crippen LogP contribution is 2.28. The minimum atomic E-state index is -0.0581. The van der Waals surface area contributed by atoms with Crippen molar-refractivity contribution in [3.05, 3.63) is 42.5 Å². The van der Waals surface area contributed by atoms with Crippen LogP contribution in [0.3, 0.4) is 0 Å². The Kier molecular flexibility index (Phi) is 3.70. The van der Waals surface area contributed by atoms with Crippen molar-refractivity contribution in [1.29, 1.82) is 0 Å². The zero-order valence-electron chi connectivity index (χ0n) is 12.9. The molecule has 1 amide bonds. The van der Waals surface area contributed by atoms with E-state index in [0.717, 1.165) is 12.1 Å². The van der Waals surface area contributed by atoms with E-state index in [2.05, 4.69) is 23.9 Å². The number of nitrogens with two attached hydrogens (primary N) is 1. The van der Waals surface area contributed by atoms with Crippen LogP contribution in [0.4, 0.5) is 0 Å². The Labute approximate surface area is 129 Å². The van der Waals surface area contributed by atoms with Crippen molar-refractivity contribution in [1.82, 2.24) is 19.7 Å². The van der Waals surface area contributed by atoms with Gasteiger partial charge in [-0.2, -0.15) is 5.10 Å². The standard InChI is InChI=1S/C16H21N5O/c1-16(2)9-20(7-6-14(16)17)15(22)12-4-3-5-13(8-12)21-11-18-10-19-21/h3-5,8,10-11,14H,6-7,9,17H2,1-2H3. The lowest BCUT2D eigenvalue weighted by Gasteiger charge is -2.42. The van der Waals surface area contributed by atoms with Gasteiger partial charge < -0.3 is 10.6 Å². The summed E-state index contributed by atoms with van der Waals surface area (Å²) in [6.45, 7) is 5.61. The molecule has 3 rings (SSSR count). The number of nitrogens with zero attached hydrogens (tertiary/aromatic N) is 4. The molecule has 2 aromatic rings. The third kappa shape index (κ3) is 2.74. The molecule has 6 nitrogen and oxygen atoms in total. The number of carbonyl (C=O) groups is 1. The first-order valence-corrected chi connectivity index (χ1v) is 7.47. The molecule has 1 saturated heterocycles. The van der Waals surface area contributed by atoms with E-state index in [0.29, 0.717) is 18.7 Å². The minimum Gasteiger partial charge on any atom is -0.338 e. The second-order valence-corrected chi connectivity index (χ2v) is 6.50. The summed E-state index contributed by atoms with van der Waals surface area (Å²) in [5, 5.41) is 4.10. The number of benzene rings is 1. The van der Waals surface area contributed by atoms with Crippen LogP contribution in [0.2, 0.25) is 0 Å². The molecule has 1 aliphatic rings. The maximum Gasteiger partial charge on any atom is 0.253 e. The van der Waals surface area contributed by atoms with Crippen molar-refractivity contribution in [3.63, 3.8) is 0 Å². The maximum atomic E-state index is 12.8. The number of carbonyl (C=O) groups excluding carboxylic acids is 1. The largest absolute Gasteiger partial charge is 0.338 e. The fourth-order valence-corrected chi connectivity index (χ4v) is 2.85. The molecule has 22 heavy (non-hydrogen) atoms.